The van der Waals surface area contributed by atoms with Crippen LogP contribution in [-0.2, 0) is 4.79 Å². The normalized spacial score (nSPS) is 16.7. The standard InChI is InChI=1S/C34H30N6O4S/c1-20-17-25(44-24-5-3-2-4-6-24)9-10-26(20)40-27-11-14-36-32-28(27)29(38-34(40)43)30(45-32)31(41)37-23-12-15-39(16-13-23)33(42)22(19-35)18-21-7-8-21/h2-6,9-11,14,17-18,21,23H,7-8,12-13,15-16H2,1H3,(H,37,41)(H,38,43). The molecule has 7 rings (SSSR count). The molecule has 4 aromatic rings. The molecule has 0 atom stereocenters. The lowest BCUT2D eigenvalue weighted by Gasteiger charge is -2.32. The van der Waals surface area contributed by atoms with Gasteiger partial charge in [-0.1, -0.05) is 24.3 Å². The number of aromatic nitrogens is 1. The zero-order chi connectivity index (χ0) is 31.1. The number of likely N-dealkylation sites (tertiary alicyclic amines) is 1. The number of urea groups is 1. The molecule has 3 aliphatic rings. The fourth-order valence-electron chi connectivity index (χ4n) is 5.85. The first-order valence-electron chi connectivity index (χ1n) is 15.0. The van der Waals surface area contributed by atoms with Crippen molar-refractivity contribution in [2.24, 2.45) is 5.92 Å². The van der Waals surface area contributed by atoms with E-state index in [0.29, 0.717) is 69.8 Å². The van der Waals surface area contributed by atoms with Crippen molar-refractivity contribution < 1.29 is 19.1 Å². The van der Waals surface area contributed by atoms with E-state index in [1.165, 1.54) is 11.3 Å². The molecule has 11 heteroatoms. The number of carbonyl (C=O) groups is 3. The Balaban J connectivity index is 1.08. The average Bonchev–Trinajstić information content (AvgIpc) is 3.80. The lowest BCUT2D eigenvalue weighted by molar-refractivity contribution is -0.127. The predicted molar refractivity (Wildman–Crippen MR) is 172 cm³/mol. The molecule has 1 saturated heterocycles. The molecule has 2 aliphatic heterocycles. The highest BCUT2D eigenvalue weighted by Gasteiger charge is 2.34. The highest BCUT2D eigenvalue weighted by molar-refractivity contribution is 7.21. The number of thiophene rings is 1. The van der Waals surface area contributed by atoms with Gasteiger partial charge in [0.05, 0.1) is 22.4 Å². The summed E-state index contributed by atoms with van der Waals surface area (Å²) in [6.45, 7) is 2.83. The molecular weight excluding hydrogens is 588 g/mol. The first-order chi connectivity index (χ1) is 21.9. The fraction of sp³-hybridized carbons (Fsp3) is 0.265. The Morgan fingerprint density at radius 1 is 1.07 bits per heavy atom. The van der Waals surface area contributed by atoms with Gasteiger partial charge in [0, 0.05) is 25.3 Å². The van der Waals surface area contributed by atoms with Crippen LogP contribution in [0.4, 0.5) is 21.9 Å². The van der Waals surface area contributed by atoms with Crippen molar-refractivity contribution in [3.63, 3.8) is 0 Å². The van der Waals surface area contributed by atoms with Crippen LogP contribution in [0.15, 0.2) is 72.4 Å². The van der Waals surface area contributed by atoms with E-state index in [9.17, 15) is 19.6 Å². The molecular formula is C34H30N6O4S. The quantitative estimate of drug-likeness (QED) is 0.176. The van der Waals surface area contributed by atoms with E-state index >= 15 is 0 Å². The molecule has 226 valence electrons. The highest BCUT2D eigenvalue weighted by atomic mass is 32.1. The fourth-order valence-corrected chi connectivity index (χ4v) is 6.88. The molecule has 2 N–H and O–H groups in total. The predicted octanol–water partition coefficient (Wildman–Crippen LogP) is 6.66. The smallest absolute Gasteiger partial charge is 0.331 e. The molecule has 0 unspecified atom stereocenters. The Kier molecular flexibility index (Phi) is 7.43. The number of amides is 4. The Labute approximate surface area is 263 Å². The molecule has 0 bridgehead atoms. The molecule has 10 nitrogen and oxygen atoms in total. The second kappa shape index (κ2) is 11.7. The van der Waals surface area contributed by atoms with E-state index in [0.717, 1.165) is 24.2 Å². The number of allylic oxidation sites excluding steroid dienone is 1. The van der Waals surface area contributed by atoms with Gasteiger partial charge in [-0.15, -0.1) is 11.3 Å². The topological polar surface area (TPSA) is 128 Å². The van der Waals surface area contributed by atoms with Crippen molar-refractivity contribution in [3.05, 3.63) is 82.9 Å². The van der Waals surface area contributed by atoms with Crippen molar-refractivity contribution in [2.45, 2.75) is 38.6 Å². The molecule has 0 spiro atoms. The van der Waals surface area contributed by atoms with Gasteiger partial charge in [0.1, 0.15) is 32.8 Å². The van der Waals surface area contributed by atoms with E-state index in [-0.39, 0.29) is 29.5 Å². The summed E-state index contributed by atoms with van der Waals surface area (Å²) in [5.41, 5.74) is 2.85. The van der Waals surface area contributed by atoms with Gasteiger partial charge in [0.25, 0.3) is 11.8 Å². The van der Waals surface area contributed by atoms with Gasteiger partial charge in [-0.3, -0.25) is 14.5 Å². The van der Waals surface area contributed by atoms with E-state index < -0.39 is 0 Å². The molecule has 1 aliphatic carbocycles. The summed E-state index contributed by atoms with van der Waals surface area (Å²) in [6, 6.07) is 18.4. The molecule has 2 aromatic heterocycles. The second-order valence-corrected chi connectivity index (χ2v) is 12.5. The third-order valence-corrected chi connectivity index (χ3v) is 9.43. The van der Waals surface area contributed by atoms with Crippen molar-refractivity contribution >= 4 is 56.5 Å². The molecule has 2 fully saturated rings. The first-order valence-corrected chi connectivity index (χ1v) is 15.8. The number of hydrogen-bond acceptors (Lipinski definition) is 7. The molecule has 4 heterocycles. The van der Waals surface area contributed by atoms with E-state index in [1.54, 1.807) is 28.1 Å². The summed E-state index contributed by atoms with van der Waals surface area (Å²) in [4.78, 5) is 48.8. The van der Waals surface area contributed by atoms with Crippen LogP contribution < -0.4 is 20.3 Å². The van der Waals surface area contributed by atoms with Crippen LogP contribution in [0.25, 0.3) is 10.2 Å². The maximum atomic E-state index is 13.6. The van der Waals surface area contributed by atoms with Crippen molar-refractivity contribution in [2.75, 3.05) is 23.3 Å². The number of pyridine rings is 1. The summed E-state index contributed by atoms with van der Waals surface area (Å²) >= 11 is 1.24. The minimum Gasteiger partial charge on any atom is -0.457 e. The Bertz CT molecular complexity index is 1900. The zero-order valence-electron chi connectivity index (χ0n) is 24.6. The molecule has 45 heavy (non-hydrogen) atoms. The Morgan fingerprint density at radius 2 is 1.84 bits per heavy atom. The number of nitrogens with zero attached hydrogens (tertiary/aromatic N) is 4. The summed E-state index contributed by atoms with van der Waals surface area (Å²) in [7, 11) is 0. The van der Waals surface area contributed by atoms with Gasteiger partial charge in [-0.05, 0) is 80.5 Å². The minimum atomic E-state index is -0.373. The molecule has 2 aromatic carbocycles. The van der Waals surface area contributed by atoms with Crippen LogP contribution >= 0.6 is 11.3 Å². The lowest BCUT2D eigenvalue weighted by Crippen LogP contribution is -2.47. The number of carbonyl (C=O) groups excluding carboxylic acids is 3. The summed E-state index contributed by atoms with van der Waals surface area (Å²) in [6.07, 6.45) is 6.64. The third kappa shape index (κ3) is 5.60. The number of aryl methyl sites for hydroxylation is 1. The maximum absolute atomic E-state index is 13.6. The first kappa shape index (κ1) is 28.6. The Morgan fingerprint density at radius 3 is 2.56 bits per heavy atom. The SMILES string of the molecule is Cc1cc(Oc2ccccc2)ccc1N1C(=O)Nc2c(C(=O)NC3CCN(C(=O)C(C#N)=CC4CC4)CC3)sc3nccc1c23. The average molecular weight is 619 g/mol. The number of anilines is 3. The van der Waals surface area contributed by atoms with Crippen LogP contribution in [0.1, 0.15) is 40.9 Å². The van der Waals surface area contributed by atoms with Gasteiger partial charge in [-0.25, -0.2) is 9.78 Å². The van der Waals surface area contributed by atoms with Crippen LogP contribution in [0, 0.1) is 24.2 Å². The highest BCUT2D eigenvalue weighted by Crippen LogP contribution is 2.46. The zero-order valence-corrected chi connectivity index (χ0v) is 25.4. The number of ether oxygens (including phenoxy) is 1. The van der Waals surface area contributed by atoms with Crippen LogP contribution in [0.2, 0.25) is 0 Å². The van der Waals surface area contributed by atoms with E-state index in [2.05, 4.69) is 21.7 Å². The number of para-hydroxylation sites is 1. The summed E-state index contributed by atoms with van der Waals surface area (Å²) in [5.74, 6) is 1.20. The lowest BCUT2D eigenvalue weighted by atomic mass is 10.0. The van der Waals surface area contributed by atoms with E-state index in [1.807, 2.05) is 55.5 Å². The van der Waals surface area contributed by atoms with Gasteiger partial charge in [0.2, 0.25) is 0 Å². The second-order valence-electron chi connectivity index (χ2n) is 11.5. The van der Waals surface area contributed by atoms with E-state index in [4.69, 9.17) is 4.74 Å². The molecule has 0 radical (unpaired) electrons. The number of hydrogen-bond donors (Lipinski definition) is 2. The van der Waals surface area contributed by atoms with Crippen molar-refractivity contribution in [1.82, 2.24) is 15.2 Å². The van der Waals surface area contributed by atoms with Crippen LogP contribution in [-0.4, -0.2) is 46.9 Å². The van der Waals surface area contributed by atoms with Crippen LogP contribution in [0.5, 0.6) is 11.5 Å². The van der Waals surface area contributed by atoms with Gasteiger partial charge >= 0.3 is 6.03 Å². The van der Waals surface area contributed by atoms with Gasteiger partial charge in [-0.2, -0.15) is 5.26 Å². The van der Waals surface area contributed by atoms with Crippen LogP contribution in [0.3, 0.4) is 0 Å². The number of nitrogens with one attached hydrogen (secondary N) is 2. The number of piperidine rings is 1. The maximum Gasteiger partial charge on any atom is 0.331 e. The Hall–Kier alpha value is -5.21. The summed E-state index contributed by atoms with van der Waals surface area (Å²) in [5, 5.41) is 16.2. The molecule has 4 amide bonds. The number of benzene rings is 2. The molecule has 1 saturated carbocycles. The van der Waals surface area contributed by atoms with Crippen molar-refractivity contribution in [1.29, 1.82) is 5.26 Å². The number of rotatable bonds is 7. The minimum absolute atomic E-state index is 0.139. The number of nitriles is 1. The largest absolute Gasteiger partial charge is 0.457 e. The third-order valence-electron chi connectivity index (χ3n) is 8.33. The monoisotopic (exact) mass is 618 g/mol. The van der Waals surface area contributed by atoms with Gasteiger partial charge < -0.3 is 20.3 Å². The van der Waals surface area contributed by atoms with Crippen molar-refractivity contribution in [3.8, 4) is 17.6 Å². The van der Waals surface area contributed by atoms with Gasteiger partial charge in [0.15, 0.2) is 0 Å². The summed E-state index contributed by atoms with van der Waals surface area (Å²) < 4.78 is 5.98.